The minimum atomic E-state index is -0.546. The Bertz CT molecular complexity index is 438. The third kappa shape index (κ3) is 5.18. The summed E-state index contributed by atoms with van der Waals surface area (Å²) >= 11 is 0. The first-order chi connectivity index (χ1) is 8.85. The van der Waals surface area contributed by atoms with Gasteiger partial charge in [0.15, 0.2) is 0 Å². The zero-order valence-corrected chi connectivity index (χ0v) is 11.8. The lowest BCUT2D eigenvalue weighted by molar-refractivity contribution is 0.0636. The molecule has 0 saturated heterocycles. The van der Waals surface area contributed by atoms with Crippen molar-refractivity contribution in [3.05, 3.63) is 23.8 Å². The molecule has 5 nitrogen and oxygen atoms in total. The molecule has 5 heteroatoms. The molecule has 0 spiro atoms. The van der Waals surface area contributed by atoms with Crippen LogP contribution in [-0.2, 0) is 11.3 Å². The summed E-state index contributed by atoms with van der Waals surface area (Å²) in [6.07, 6.45) is -0.527. The summed E-state index contributed by atoms with van der Waals surface area (Å²) in [4.78, 5) is 11.6. The molecule has 0 aliphatic rings. The highest BCUT2D eigenvalue weighted by molar-refractivity contribution is 5.85. The van der Waals surface area contributed by atoms with E-state index >= 15 is 0 Å². The largest absolute Gasteiger partial charge is 0.494 e. The molecule has 0 radical (unpaired) electrons. The molecule has 106 valence electrons. The van der Waals surface area contributed by atoms with Crippen molar-refractivity contribution in [2.24, 2.45) is 0 Å². The molecule has 0 unspecified atom stereocenters. The number of carbonyl (C=O) groups is 1. The molecular formula is C14H21NO4. The molecule has 0 aliphatic heterocycles. The summed E-state index contributed by atoms with van der Waals surface area (Å²) in [6.45, 7) is 7.62. The molecule has 19 heavy (non-hydrogen) atoms. The summed E-state index contributed by atoms with van der Waals surface area (Å²) < 4.78 is 10.5. The second-order valence-electron chi connectivity index (χ2n) is 5.04. The highest BCUT2D eigenvalue weighted by atomic mass is 16.6. The summed E-state index contributed by atoms with van der Waals surface area (Å²) in [5, 5.41) is 11.9. The predicted molar refractivity (Wildman–Crippen MR) is 73.4 cm³/mol. The van der Waals surface area contributed by atoms with Gasteiger partial charge in [-0.25, -0.2) is 4.79 Å². The lowest BCUT2D eigenvalue weighted by atomic mass is 10.2. The summed E-state index contributed by atoms with van der Waals surface area (Å²) in [6, 6.07) is 5.07. The Labute approximate surface area is 113 Å². The van der Waals surface area contributed by atoms with Crippen LogP contribution < -0.4 is 10.1 Å². The number of amides is 1. The SMILES string of the molecule is CCOc1ccc(NC(=O)OC(C)(C)C)cc1CO. The van der Waals surface area contributed by atoms with Crippen molar-refractivity contribution in [2.45, 2.75) is 39.9 Å². The smallest absolute Gasteiger partial charge is 0.412 e. The molecule has 1 aromatic carbocycles. The molecule has 0 fully saturated rings. The quantitative estimate of drug-likeness (QED) is 0.880. The maximum atomic E-state index is 11.6. The fraction of sp³-hybridized carbons (Fsp3) is 0.500. The first-order valence-corrected chi connectivity index (χ1v) is 6.22. The Balaban J connectivity index is 2.77. The highest BCUT2D eigenvalue weighted by Crippen LogP contribution is 2.23. The van der Waals surface area contributed by atoms with E-state index < -0.39 is 11.7 Å². The molecular weight excluding hydrogens is 246 g/mol. The second-order valence-corrected chi connectivity index (χ2v) is 5.04. The number of aliphatic hydroxyl groups excluding tert-OH is 1. The number of carbonyl (C=O) groups excluding carboxylic acids is 1. The Kier molecular flexibility index (Phi) is 5.18. The van der Waals surface area contributed by atoms with E-state index in [1.807, 2.05) is 6.92 Å². The van der Waals surface area contributed by atoms with Crippen molar-refractivity contribution >= 4 is 11.8 Å². The lowest BCUT2D eigenvalue weighted by Crippen LogP contribution is -2.27. The van der Waals surface area contributed by atoms with Crippen molar-refractivity contribution in [1.82, 2.24) is 0 Å². The zero-order chi connectivity index (χ0) is 14.5. The van der Waals surface area contributed by atoms with Crippen LogP contribution in [0, 0.1) is 0 Å². The van der Waals surface area contributed by atoms with Gasteiger partial charge >= 0.3 is 6.09 Å². The van der Waals surface area contributed by atoms with Gasteiger partial charge in [0.1, 0.15) is 11.4 Å². The normalized spacial score (nSPS) is 11.0. The molecule has 1 rings (SSSR count). The molecule has 2 N–H and O–H groups in total. The summed E-state index contributed by atoms with van der Waals surface area (Å²) in [5.41, 5.74) is 0.631. The first-order valence-electron chi connectivity index (χ1n) is 6.22. The molecule has 1 aromatic rings. The van der Waals surface area contributed by atoms with Crippen LogP contribution >= 0.6 is 0 Å². The van der Waals surface area contributed by atoms with Crippen molar-refractivity contribution < 1.29 is 19.4 Å². The van der Waals surface area contributed by atoms with Gasteiger partial charge in [-0.05, 0) is 45.9 Å². The molecule has 1 amide bonds. The molecule has 0 aliphatic carbocycles. The van der Waals surface area contributed by atoms with Crippen LogP contribution in [0.15, 0.2) is 18.2 Å². The molecule has 0 aromatic heterocycles. The number of benzene rings is 1. The Morgan fingerprint density at radius 2 is 2.05 bits per heavy atom. The van der Waals surface area contributed by atoms with Crippen molar-refractivity contribution in [3.8, 4) is 5.75 Å². The van der Waals surface area contributed by atoms with Gasteiger partial charge < -0.3 is 14.6 Å². The van der Waals surface area contributed by atoms with Crippen LogP contribution in [0.25, 0.3) is 0 Å². The number of nitrogens with one attached hydrogen (secondary N) is 1. The number of ether oxygens (including phenoxy) is 2. The van der Waals surface area contributed by atoms with Crippen LogP contribution in [0.3, 0.4) is 0 Å². The third-order valence-electron chi connectivity index (χ3n) is 2.18. The van der Waals surface area contributed by atoms with E-state index in [0.29, 0.717) is 23.6 Å². The van der Waals surface area contributed by atoms with Crippen LogP contribution in [0.5, 0.6) is 5.75 Å². The van der Waals surface area contributed by atoms with E-state index in [1.165, 1.54) is 0 Å². The number of hydrogen-bond acceptors (Lipinski definition) is 4. The van der Waals surface area contributed by atoms with Crippen molar-refractivity contribution in [1.29, 1.82) is 0 Å². The van der Waals surface area contributed by atoms with Gasteiger partial charge in [0.25, 0.3) is 0 Å². The van der Waals surface area contributed by atoms with E-state index in [0.717, 1.165) is 0 Å². The molecule has 0 atom stereocenters. The standard InChI is InChI=1S/C14H21NO4/c1-5-18-12-7-6-11(8-10(12)9-16)15-13(17)19-14(2,3)4/h6-8,16H,5,9H2,1-4H3,(H,15,17). The second kappa shape index (κ2) is 6.43. The van der Waals surface area contributed by atoms with Crippen molar-refractivity contribution in [2.75, 3.05) is 11.9 Å². The first kappa shape index (κ1) is 15.3. The monoisotopic (exact) mass is 267 g/mol. The summed E-state index contributed by atoms with van der Waals surface area (Å²) in [7, 11) is 0. The predicted octanol–water partition coefficient (Wildman–Crippen LogP) is 2.92. The third-order valence-corrected chi connectivity index (χ3v) is 2.18. The maximum Gasteiger partial charge on any atom is 0.412 e. The molecule has 0 bridgehead atoms. The molecule has 0 heterocycles. The number of rotatable bonds is 4. The summed E-state index contributed by atoms with van der Waals surface area (Å²) in [5.74, 6) is 0.611. The van der Waals surface area contributed by atoms with E-state index in [4.69, 9.17) is 9.47 Å². The van der Waals surface area contributed by atoms with Gasteiger partial charge in [-0.1, -0.05) is 0 Å². The average molecular weight is 267 g/mol. The van der Waals surface area contributed by atoms with E-state index in [1.54, 1.807) is 39.0 Å². The fourth-order valence-corrected chi connectivity index (χ4v) is 1.50. The number of hydrogen-bond donors (Lipinski definition) is 2. The Morgan fingerprint density at radius 3 is 2.58 bits per heavy atom. The number of aliphatic hydroxyl groups is 1. The molecule has 0 saturated carbocycles. The van der Waals surface area contributed by atoms with Crippen LogP contribution in [0.4, 0.5) is 10.5 Å². The van der Waals surface area contributed by atoms with Crippen LogP contribution in [0.1, 0.15) is 33.3 Å². The Hall–Kier alpha value is -1.75. The number of anilines is 1. The average Bonchev–Trinajstić information content (AvgIpc) is 2.28. The van der Waals surface area contributed by atoms with Gasteiger partial charge in [-0.2, -0.15) is 0 Å². The topological polar surface area (TPSA) is 67.8 Å². The maximum absolute atomic E-state index is 11.6. The van der Waals surface area contributed by atoms with Crippen LogP contribution in [0.2, 0.25) is 0 Å². The van der Waals surface area contributed by atoms with Gasteiger partial charge in [0, 0.05) is 11.3 Å². The van der Waals surface area contributed by atoms with E-state index in [-0.39, 0.29) is 6.61 Å². The van der Waals surface area contributed by atoms with E-state index in [2.05, 4.69) is 5.32 Å². The van der Waals surface area contributed by atoms with Gasteiger partial charge in [0.05, 0.1) is 13.2 Å². The lowest BCUT2D eigenvalue weighted by Gasteiger charge is -2.20. The zero-order valence-electron chi connectivity index (χ0n) is 11.8. The van der Waals surface area contributed by atoms with Gasteiger partial charge in [-0.15, -0.1) is 0 Å². The van der Waals surface area contributed by atoms with Crippen LogP contribution in [-0.4, -0.2) is 23.4 Å². The van der Waals surface area contributed by atoms with Crippen molar-refractivity contribution in [3.63, 3.8) is 0 Å². The highest BCUT2D eigenvalue weighted by Gasteiger charge is 2.16. The minimum Gasteiger partial charge on any atom is -0.494 e. The minimum absolute atomic E-state index is 0.154. The fourth-order valence-electron chi connectivity index (χ4n) is 1.50. The van der Waals surface area contributed by atoms with Gasteiger partial charge in [-0.3, -0.25) is 5.32 Å². The Morgan fingerprint density at radius 1 is 1.37 bits per heavy atom. The van der Waals surface area contributed by atoms with E-state index in [9.17, 15) is 9.90 Å². The van der Waals surface area contributed by atoms with Gasteiger partial charge in [0.2, 0.25) is 0 Å².